The highest BCUT2D eigenvalue weighted by Gasteiger charge is 2.37. The average molecular weight is 267 g/mol. The van der Waals surface area contributed by atoms with Gasteiger partial charge in [-0.1, -0.05) is 12.1 Å². The molecule has 0 fully saturated rings. The molecule has 0 aliphatic heterocycles. The van der Waals surface area contributed by atoms with E-state index in [2.05, 4.69) is 0 Å². The Morgan fingerprint density at radius 3 is 1.79 bits per heavy atom. The van der Waals surface area contributed by atoms with Crippen molar-refractivity contribution < 1.29 is 13.2 Å². The quantitative estimate of drug-likeness (QED) is 0.694. The molecule has 0 bridgehead atoms. The van der Waals surface area contributed by atoms with Crippen molar-refractivity contribution in [2.24, 2.45) is 0 Å². The second kappa shape index (κ2) is 4.38. The number of halogens is 3. The van der Waals surface area contributed by atoms with Crippen molar-refractivity contribution in [1.82, 2.24) is 0 Å². The topological polar surface area (TPSA) is 78.1 Å². The molecule has 6 N–H and O–H groups in total. The molecular weight excluding hydrogens is 255 g/mol. The van der Waals surface area contributed by atoms with Crippen LogP contribution in [0.5, 0.6) is 0 Å². The molecule has 2 rings (SSSR count). The van der Waals surface area contributed by atoms with E-state index in [0.29, 0.717) is 11.3 Å². The maximum Gasteiger partial charge on any atom is 0.419 e. The first-order chi connectivity index (χ1) is 8.80. The van der Waals surface area contributed by atoms with Gasteiger partial charge < -0.3 is 17.2 Å². The molecule has 0 spiro atoms. The van der Waals surface area contributed by atoms with Gasteiger partial charge >= 0.3 is 6.18 Å². The molecule has 0 unspecified atom stereocenters. The normalized spacial score (nSPS) is 11.5. The summed E-state index contributed by atoms with van der Waals surface area (Å²) in [4.78, 5) is 0. The Morgan fingerprint density at radius 2 is 1.26 bits per heavy atom. The summed E-state index contributed by atoms with van der Waals surface area (Å²) in [5, 5.41) is 0. The van der Waals surface area contributed by atoms with Crippen LogP contribution in [0.2, 0.25) is 0 Å². The van der Waals surface area contributed by atoms with E-state index in [0.717, 1.165) is 6.07 Å². The molecule has 0 aliphatic carbocycles. The van der Waals surface area contributed by atoms with Crippen molar-refractivity contribution in [3.05, 3.63) is 42.0 Å². The molecular formula is C13H12F3N3. The van der Waals surface area contributed by atoms with E-state index in [9.17, 15) is 13.2 Å². The fourth-order valence-corrected chi connectivity index (χ4v) is 1.90. The van der Waals surface area contributed by atoms with Crippen LogP contribution in [0.15, 0.2) is 36.4 Å². The van der Waals surface area contributed by atoms with Crippen molar-refractivity contribution >= 4 is 17.1 Å². The minimum absolute atomic E-state index is 0.0197. The van der Waals surface area contributed by atoms with Crippen LogP contribution < -0.4 is 17.2 Å². The molecule has 0 amide bonds. The van der Waals surface area contributed by atoms with Gasteiger partial charge in [-0.05, 0) is 29.8 Å². The third kappa shape index (κ3) is 2.42. The molecule has 6 heteroatoms. The Hall–Kier alpha value is -2.37. The molecule has 0 aliphatic rings. The molecule has 0 saturated heterocycles. The fraction of sp³-hybridized carbons (Fsp3) is 0.0769. The summed E-state index contributed by atoms with van der Waals surface area (Å²) >= 11 is 0. The number of hydrogen-bond acceptors (Lipinski definition) is 3. The van der Waals surface area contributed by atoms with Crippen LogP contribution in [0.1, 0.15) is 5.56 Å². The molecule has 0 saturated carbocycles. The monoisotopic (exact) mass is 267 g/mol. The maximum absolute atomic E-state index is 13.1. The Bertz CT molecular complexity index is 604. The fourth-order valence-electron chi connectivity index (χ4n) is 1.90. The Morgan fingerprint density at radius 1 is 0.737 bits per heavy atom. The lowest BCUT2D eigenvalue weighted by Crippen LogP contribution is -2.12. The van der Waals surface area contributed by atoms with E-state index < -0.39 is 11.7 Å². The maximum atomic E-state index is 13.1. The zero-order valence-electron chi connectivity index (χ0n) is 9.83. The molecule has 0 heterocycles. The summed E-state index contributed by atoms with van der Waals surface area (Å²) in [6, 6.07) is 8.50. The van der Waals surface area contributed by atoms with E-state index >= 15 is 0 Å². The van der Waals surface area contributed by atoms with Crippen LogP contribution in [0.25, 0.3) is 11.1 Å². The van der Waals surface area contributed by atoms with Gasteiger partial charge in [-0.25, -0.2) is 0 Å². The third-order valence-electron chi connectivity index (χ3n) is 2.75. The zero-order chi connectivity index (χ0) is 14.2. The number of benzene rings is 2. The predicted molar refractivity (Wildman–Crippen MR) is 70.1 cm³/mol. The predicted octanol–water partition coefficient (Wildman–Crippen LogP) is 3.12. The first-order valence-electron chi connectivity index (χ1n) is 5.42. The van der Waals surface area contributed by atoms with Crippen LogP contribution in [0, 0.1) is 0 Å². The van der Waals surface area contributed by atoms with Crippen molar-refractivity contribution in [2.45, 2.75) is 6.18 Å². The SMILES string of the molecule is Nc1ccc(-c2c(N)ccc(N)c2C(F)(F)F)cc1. The van der Waals surface area contributed by atoms with Crippen LogP contribution in [0.4, 0.5) is 30.2 Å². The van der Waals surface area contributed by atoms with E-state index in [4.69, 9.17) is 17.2 Å². The molecule has 0 radical (unpaired) electrons. The first kappa shape index (κ1) is 13.1. The van der Waals surface area contributed by atoms with Crippen molar-refractivity contribution in [3.63, 3.8) is 0 Å². The molecule has 100 valence electrons. The first-order valence-corrected chi connectivity index (χ1v) is 5.42. The standard InChI is InChI=1S/C13H12F3N3/c14-13(15,16)12-10(19)6-5-9(18)11(12)7-1-3-8(17)4-2-7/h1-6H,17-19H2. The summed E-state index contributed by atoms with van der Waals surface area (Å²) < 4.78 is 39.3. The second-order valence-electron chi connectivity index (χ2n) is 4.11. The Labute approximate surface area is 107 Å². The largest absolute Gasteiger partial charge is 0.419 e. The van der Waals surface area contributed by atoms with Gasteiger partial charge in [0.2, 0.25) is 0 Å². The molecule has 0 aromatic heterocycles. The van der Waals surface area contributed by atoms with Crippen molar-refractivity contribution in [3.8, 4) is 11.1 Å². The van der Waals surface area contributed by atoms with Gasteiger partial charge in [0.1, 0.15) is 0 Å². The van der Waals surface area contributed by atoms with E-state index in [-0.39, 0.29) is 16.9 Å². The van der Waals surface area contributed by atoms with Crippen LogP contribution >= 0.6 is 0 Å². The van der Waals surface area contributed by atoms with Gasteiger partial charge in [-0.15, -0.1) is 0 Å². The summed E-state index contributed by atoms with van der Waals surface area (Å²) in [5.74, 6) is 0. The third-order valence-corrected chi connectivity index (χ3v) is 2.75. The molecule has 3 nitrogen and oxygen atoms in total. The van der Waals surface area contributed by atoms with E-state index in [1.54, 1.807) is 0 Å². The van der Waals surface area contributed by atoms with Gasteiger partial charge in [0, 0.05) is 22.6 Å². The molecule has 2 aromatic rings. The van der Waals surface area contributed by atoms with Crippen molar-refractivity contribution in [1.29, 1.82) is 0 Å². The molecule has 19 heavy (non-hydrogen) atoms. The molecule has 0 atom stereocenters. The highest BCUT2D eigenvalue weighted by Crippen LogP contribution is 2.43. The number of anilines is 3. The highest BCUT2D eigenvalue weighted by atomic mass is 19.4. The highest BCUT2D eigenvalue weighted by molar-refractivity contribution is 5.84. The van der Waals surface area contributed by atoms with Gasteiger partial charge in [0.05, 0.1) is 5.56 Å². The summed E-state index contributed by atoms with van der Waals surface area (Å²) in [7, 11) is 0. The molecule has 2 aromatic carbocycles. The van der Waals surface area contributed by atoms with Crippen LogP contribution in [0.3, 0.4) is 0 Å². The van der Waals surface area contributed by atoms with Gasteiger partial charge in [-0.2, -0.15) is 13.2 Å². The lowest BCUT2D eigenvalue weighted by molar-refractivity contribution is -0.136. The lowest BCUT2D eigenvalue weighted by atomic mass is 9.96. The summed E-state index contributed by atoms with van der Waals surface area (Å²) in [5.41, 5.74) is 16.0. The van der Waals surface area contributed by atoms with Crippen LogP contribution in [-0.2, 0) is 6.18 Å². The number of rotatable bonds is 1. The average Bonchev–Trinajstić information content (AvgIpc) is 2.31. The summed E-state index contributed by atoms with van der Waals surface area (Å²) in [6.07, 6.45) is -4.57. The number of alkyl halides is 3. The second-order valence-corrected chi connectivity index (χ2v) is 4.11. The van der Waals surface area contributed by atoms with E-state index in [1.807, 2.05) is 0 Å². The van der Waals surface area contributed by atoms with Gasteiger partial charge in [-0.3, -0.25) is 0 Å². The van der Waals surface area contributed by atoms with Gasteiger partial charge in [0.25, 0.3) is 0 Å². The minimum atomic E-state index is -4.57. The lowest BCUT2D eigenvalue weighted by Gasteiger charge is -2.17. The van der Waals surface area contributed by atoms with Gasteiger partial charge in [0.15, 0.2) is 0 Å². The number of hydrogen-bond donors (Lipinski definition) is 3. The Kier molecular flexibility index (Phi) is 3.01. The van der Waals surface area contributed by atoms with Crippen molar-refractivity contribution in [2.75, 3.05) is 17.2 Å². The van der Waals surface area contributed by atoms with E-state index in [1.165, 1.54) is 30.3 Å². The Balaban J connectivity index is 2.75. The summed E-state index contributed by atoms with van der Waals surface area (Å²) in [6.45, 7) is 0. The van der Waals surface area contributed by atoms with Crippen LogP contribution in [-0.4, -0.2) is 0 Å². The number of nitrogen functional groups attached to an aromatic ring is 3. The zero-order valence-corrected chi connectivity index (χ0v) is 9.83. The smallest absolute Gasteiger partial charge is 0.399 e. The number of nitrogens with two attached hydrogens (primary N) is 3. The minimum Gasteiger partial charge on any atom is -0.399 e.